The Balaban J connectivity index is 2.14. The maximum absolute atomic E-state index is 12.0. The normalized spacial score (nSPS) is 10.3. The molecule has 7 nitrogen and oxygen atoms in total. The van der Waals surface area contributed by atoms with Crippen molar-refractivity contribution < 1.29 is 4.79 Å². The second-order valence-electron chi connectivity index (χ2n) is 3.68. The number of nitrogen functional groups attached to an aromatic ring is 1. The fourth-order valence-electron chi connectivity index (χ4n) is 1.45. The van der Waals surface area contributed by atoms with Crippen molar-refractivity contribution in [3.05, 3.63) is 33.6 Å². The molecule has 4 N–H and O–H groups in total. The van der Waals surface area contributed by atoms with E-state index in [-0.39, 0.29) is 12.5 Å². The first-order chi connectivity index (χ1) is 8.58. The fraction of sp³-hybridized carbons (Fsp3) is 0.200. The van der Waals surface area contributed by atoms with Crippen molar-refractivity contribution in [2.75, 3.05) is 5.73 Å². The molecule has 0 radical (unpaired) electrons. The molecule has 0 saturated heterocycles. The number of tetrazole rings is 1. The number of aromatic amines is 1. The summed E-state index contributed by atoms with van der Waals surface area (Å²) in [5.41, 5.74) is 7.62. The van der Waals surface area contributed by atoms with Crippen LogP contribution in [0.15, 0.2) is 16.6 Å². The van der Waals surface area contributed by atoms with Crippen molar-refractivity contribution in [3.8, 4) is 0 Å². The van der Waals surface area contributed by atoms with Gasteiger partial charge in [-0.2, -0.15) is 5.21 Å². The number of aromatic nitrogens is 4. The Hall–Kier alpha value is -1.96. The highest BCUT2D eigenvalue weighted by atomic mass is 79.9. The number of halogens is 1. The number of nitrogens with two attached hydrogens (primary N) is 1. The topological polar surface area (TPSA) is 110 Å². The summed E-state index contributed by atoms with van der Waals surface area (Å²) >= 11 is 3.31. The van der Waals surface area contributed by atoms with Crippen molar-refractivity contribution >= 4 is 27.5 Å². The number of anilines is 1. The van der Waals surface area contributed by atoms with Crippen LogP contribution in [0.1, 0.15) is 21.7 Å². The highest BCUT2D eigenvalue weighted by Crippen LogP contribution is 2.22. The van der Waals surface area contributed by atoms with Gasteiger partial charge in [0, 0.05) is 15.7 Å². The lowest BCUT2D eigenvalue weighted by Crippen LogP contribution is -2.24. The molecule has 8 heteroatoms. The Labute approximate surface area is 111 Å². The van der Waals surface area contributed by atoms with Gasteiger partial charge in [-0.05, 0) is 24.6 Å². The van der Waals surface area contributed by atoms with Crippen LogP contribution < -0.4 is 11.1 Å². The lowest BCUT2D eigenvalue weighted by atomic mass is 10.1. The molecule has 0 atom stereocenters. The molecule has 2 aromatic rings. The van der Waals surface area contributed by atoms with Gasteiger partial charge in [0.25, 0.3) is 5.91 Å². The number of carbonyl (C=O) groups excluding carboxylic acids is 1. The number of amides is 1. The summed E-state index contributed by atoms with van der Waals surface area (Å²) in [4.78, 5) is 12.0. The van der Waals surface area contributed by atoms with Crippen molar-refractivity contribution in [1.29, 1.82) is 0 Å². The largest absolute Gasteiger partial charge is 0.398 e. The summed E-state index contributed by atoms with van der Waals surface area (Å²) in [6.07, 6.45) is 0. The van der Waals surface area contributed by atoms with E-state index in [9.17, 15) is 4.79 Å². The Morgan fingerprint density at radius 1 is 1.56 bits per heavy atom. The molecule has 0 saturated carbocycles. The maximum Gasteiger partial charge on any atom is 0.252 e. The second kappa shape index (κ2) is 5.13. The first kappa shape index (κ1) is 12.5. The maximum atomic E-state index is 12.0. The highest BCUT2D eigenvalue weighted by molar-refractivity contribution is 9.10. The van der Waals surface area contributed by atoms with E-state index < -0.39 is 0 Å². The minimum absolute atomic E-state index is 0.210. The second-order valence-corrected chi connectivity index (χ2v) is 4.59. The molecule has 0 unspecified atom stereocenters. The third-order valence-corrected chi connectivity index (χ3v) is 2.91. The van der Waals surface area contributed by atoms with Gasteiger partial charge >= 0.3 is 0 Å². The van der Waals surface area contributed by atoms with Crippen LogP contribution in [0.5, 0.6) is 0 Å². The third kappa shape index (κ3) is 2.65. The zero-order valence-electron chi connectivity index (χ0n) is 9.57. The van der Waals surface area contributed by atoms with Crippen LogP contribution in [0.2, 0.25) is 0 Å². The zero-order chi connectivity index (χ0) is 13.1. The van der Waals surface area contributed by atoms with Gasteiger partial charge < -0.3 is 11.1 Å². The molecule has 0 bridgehead atoms. The fourth-order valence-corrected chi connectivity index (χ4v) is 1.92. The molecular formula is C10H11BrN6O. The first-order valence-electron chi connectivity index (χ1n) is 5.14. The number of rotatable bonds is 3. The Morgan fingerprint density at radius 2 is 2.33 bits per heavy atom. The minimum atomic E-state index is -0.231. The lowest BCUT2D eigenvalue weighted by Gasteiger charge is -2.09. The van der Waals surface area contributed by atoms with Crippen LogP contribution in [0.25, 0.3) is 0 Å². The smallest absolute Gasteiger partial charge is 0.252 e. The monoisotopic (exact) mass is 310 g/mol. The van der Waals surface area contributed by atoms with Crippen LogP contribution in [0, 0.1) is 6.92 Å². The summed E-state index contributed by atoms with van der Waals surface area (Å²) in [6, 6.07) is 3.47. The van der Waals surface area contributed by atoms with E-state index in [2.05, 4.69) is 41.9 Å². The summed E-state index contributed by atoms with van der Waals surface area (Å²) in [5, 5.41) is 15.9. The SMILES string of the molecule is Cc1c(N)cc(Br)cc1C(=O)NCc1nn[nH]n1. The Kier molecular flexibility index (Phi) is 3.56. The summed E-state index contributed by atoms with van der Waals surface area (Å²) in [7, 11) is 0. The number of hydrogen-bond acceptors (Lipinski definition) is 5. The zero-order valence-corrected chi connectivity index (χ0v) is 11.2. The molecule has 1 amide bonds. The standard InChI is InChI=1S/C10H11BrN6O/c1-5-7(2-6(11)3-8(5)12)10(18)13-4-9-14-16-17-15-9/h2-3H,4,12H2,1H3,(H,13,18)(H,14,15,16,17). The molecule has 0 aliphatic rings. The van der Waals surface area contributed by atoms with Gasteiger partial charge in [-0.3, -0.25) is 4.79 Å². The van der Waals surface area contributed by atoms with Crippen LogP contribution >= 0.6 is 15.9 Å². The number of nitrogens with one attached hydrogen (secondary N) is 2. The first-order valence-corrected chi connectivity index (χ1v) is 5.93. The van der Waals surface area contributed by atoms with Gasteiger partial charge in [-0.15, -0.1) is 10.2 Å². The summed E-state index contributed by atoms with van der Waals surface area (Å²) in [6.45, 7) is 2.01. The molecule has 0 aliphatic heterocycles. The predicted molar refractivity (Wildman–Crippen MR) is 68.6 cm³/mol. The predicted octanol–water partition coefficient (Wildman–Crippen LogP) is 0.783. The quantitative estimate of drug-likeness (QED) is 0.726. The van der Waals surface area contributed by atoms with Gasteiger partial charge in [0.15, 0.2) is 5.82 Å². The van der Waals surface area contributed by atoms with E-state index in [1.165, 1.54) is 0 Å². The van der Waals surface area contributed by atoms with E-state index in [0.29, 0.717) is 17.1 Å². The molecule has 0 fully saturated rings. The number of nitrogens with zero attached hydrogens (tertiary/aromatic N) is 3. The van der Waals surface area contributed by atoms with Crippen LogP contribution in [0.3, 0.4) is 0 Å². The minimum Gasteiger partial charge on any atom is -0.398 e. The van der Waals surface area contributed by atoms with E-state index in [1.807, 2.05) is 0 Å². The van der Waals surface area contributed by atoms with Gasteiger partial charge in [0.1, 0.15) is 0 Å². The number of H-pyrrole nitrogens is 1. The molecule has 1 aromatic carbocycles. The molecule has 1 aromatic heterocycles. The van der Waals surface area contributed by atoms with Gasteiger partial charge in [0.05, 0.1) is 6.54 Å². The van der Waals surface area contributed by atoms with E-state index in [1.54, 1.807) is 19.1 Å². The number of carbonyl (C=O) groups is 1. The van der Waals surface area contributed by atoms with Gasteiger partial charge in [-0.25, -0.2) is 0 Å². The third-order valence-electron chi connectivity index (χ3n) is 2.45. The molecule has 0 spiro atoms. The van der Waals surface area contributed by atoms with Crippen molar-refractivity contribution in [3.63, 3.8) is 0 Å². The molecule has 2 rings (SSSR count). The van der Waals surface area contributed by atoms with E-state index in [0.717, 1.165) is 10.0 Å². The molecule has 0 aliphatic carbocycles. The molecule has 1 heterocycles. The van der Waals surface area contributed by atoms with Crippen LogP contribution in [0.4, 0.5) is 5.69 Å². The molecule has 18 heavy (non-hydrogen) atoms. The van der Waals surface area contributed by atoms with Crippen molar-refractivity contribution in [1.82, 2.24) is 25.9 Å². The Bertz CT molecular complexity index is 568. The van der Waals surface area contributed by atoms with E-state index in [4.69, 9.17) is 5.73 Å². The average molecular weight is 311 g/mol. The number of hydrogen-bond donors (Lipinski definition) is 3. The van der Waals surface area contributed by atoms with Crippen LogP contribution in [-0.2, 0) is 6.54 Å². The molecule has 94 valence electrons. The summed E-state index contributed by atoms with van der Waals surface area (Å²) < 4.78 is 0.760. The Morgan fingerprint density at radius 3 is 3.00 bits per heavy atom. The van der Waals surface area contributed by atoms with Gasteiger partial charge in [0.2, 0.25) is 0 Å². The number of benzene rings is 1. The average Bonchev–Trinajstić information content (AvgIpc) is 2.83. The molecular weight excluding hydrogens is 300 g/mol. The van der Waals surface area contributed by atoms with Crippen LogP contribution in [-0.4, -0.2) is 26.5 Å². The highest BCUT2D eigenvalue weighted by Gasteiger charge is 2.12. The van der Waals surface area contributed by atoms with Gasteiger partial charge in [-0.1, -0.05) is 21.1 Å². The lowest BCUT2D eigenvalue weighted by molar-refractivity contribution is 0.0949. The van der Waals surface area contributed by atoms with Crippen molar-refractivity contribution in [2.24, 2.45) is 0 Å². The van der Waals surface area contributed by atoms with Crippen molar-refractivity contribution in [2.45, 2.75) is 13.5 Å². The summed E-state index contributed by atoms with van der Waals surface area (Å²) in [5.74, 6) is 0.189. The van der Waals surface area contributed by atoms with E-state index >= 15 is 0 Å².